The number of thiophene rings is 1. The number of hydrogen-bond donors (Lipinski definition) is 3. The summed E-state index contributed by atoms with van der Waals surface area (Å²) in [6.45, 7) is 1.81. The predicted octanol–water partition coefficient (Wildman–Crippen LogP) is 5.18. The molecule has 1 unspecified atom stereocenters. The van der Waals surface area contributed by atoms with Gasteiger partial charge in [-0.1, -0.05) is 24.3 Å². The fraction of sp³-hybridized carbons (Fsp3) is 0.0500. The molecule has 0 radical (unpaired) electrons. The first-order chi connectivity index (χ1) is 13.5. The summed E-state index contributed by atoms with van der Waals surface area (Å²) in [4.78, 5) is 15.7. The van der Waals surface area contributed by atoms with Crippen LogP contribution in [0.3, 0.4) is 0 Å². The minimum Gasteiger partial charge on any atom is -0.477 e. The lowest BCUT2D eigenvalue weighted by Gasteiger charge is -2.21. The highest BCUT2D eigenvalue weighted by Crippen LogP contribution is 2.41. The molecule has 0 saturated heterocycles. The van der Waals surface area contributed by atoms with Crippen LogP contribution < -0.4 is 4.31 Å². The molecule has 2 aromatic heterocycles. The fourth-order valence-corrected chi connectivity index (χ4v) is 4.84. The van der Waals surface area contributed by atoms with Crippen molar-refractivity contribution in [1.29, 1.82) is 0 Å². The van der Waals surface area contributed by atoms with Crippen molar-refractivity contribution >= 4 is 50.9 Å². The van der Waals surface area contributed by atoms with Crippen molar-refractivity contribution in [3.05, 3.63) is 71.2 Å². The number of carboxylic acid groups (broad SMARTS) is 1. The van der Waals surface area contributed by atoms with E-state index in [1.54, 1.807) is 18.2 Å². The van der Waals surface area contributed by atoms with Crippen LogP contribution in [0.4, 0.5) is 11.4 Å². The van der Waals surface area contributed by atoms with Crippen LogP contribution in [0.5, 0.6) is 0 Å². The topological polar surface area (TPSA) is 93.6 Å². The Morgan fingerprint density at radius 3 is 2.61 bits per heavy atom. The second-order valence-corrected chi connectivity index (χ2v) is 8.10. The van der Waals surface area contributed by atoms with Gasteiger partial charge in [0.2, 0.25) is 0 Å². The molecule has 0 saturated carbocycles. The van der Waals surface area contributed by atoms with Crippen molar-refractivity contribution in [3.8, 4) is 10.4 Å². The molecule has 142 valence electrons. The molecule has 2 aromatic carbocycles. The number of hydrogen-bond acceptors (Lipinski definition) is 3. The van der Waals surface area contributed by atoms with Gasteiger partial charge in [0.05, 0.1) is 11.4 Å². The van der Waals surface area contributed by atoms with E-state index in [1.807, 2.05) is 49.5 Å². The third kappa shape index (κ3) is 3.22. The largest absolute Gasteiger partial charge is 0.477 e. The lowest BCUT2D eigenvalue weighted by molar-refractivity contribution is 0.0703. The summed E-state index contributed by atoms with van der Waals surface area (Å²) >= 11 is -1.35. The number of rotatable bonds is 5. The monoisotopic (exact) mass is 412 g/mol. The van der Waals surface area contributed by atoms with Crippen LogP contribution >= 0.6 is 11.3 Å². The zero-order chi connectivity index (χ0) is 19.8. The first-order valence-corrected chi connectivity index (χ1v) is 10.2. The standard InChI is InChI=1S/C20H16N2O4S2/c1-12-4-2-3-5-16(12)22(28(25)26)17-11-18(27-19(17)20(23)24)14-6-7-15-13(10-14)8-9-21-15/h2-11,21H,1H3,(H,23,24)(H,25,26). The smallest absolute Gasteiger partial charge is 0.348 e. The molecule has 28 heavy (non-hydrogen) atoms. The van der Waals surface area contributed by atoms with Gasteiger partial charge in [-0.3, -0.25) is 4.55 Å². The number of carbonyl (C=O) groups is 1. The molecule has 6 nitrogen and oxygen atoms in total. The quantitative estimate of drug-likeness (QED) is 0.394. The summed E-state index contributed by atoms with van der Waals surface area (Å²) < 4.78 is 23.3. The van der Waals surface area contributed by atoms with Gasteiger partial charge in [-0.2, -0.15) is 0 Å². The van der Waals surface area contributed by atoms with Crippen molar-refractivity contribution in [1.82, 2.24) is 4.98 Å². The Kier molecular flexibility index (Phi) is 4.76. The number of aryl methyl sites for hydroxylation is 1. The lowest BCUT2D eigenvalue weighted by atomic mass is 10.1. The number of nitrogens with zero attached hydrogens (tertiary/aromatic N) is 1. The van der Waals surface area contributed by atoms with E-state index >= 15 is 0 Å². The molecule has 4 aromatic rings. The zero-order valence-electron chi connectivity index (χ0n) is 14.7. The van der Waals surface area contributed by atoms with Crippen LogP contribution in [-0.4, -0.2) is 24.8 Å². The lowest BCUT2D eigenvalue weighted by Crippen LogP contribution is -2.21. The minimum atomic E-state index is -2.43. The average Bonchev–Trinajstić information content (AvgIpc) is 3.29. The Bertz CT molecular complexity index is 1210. The summed E-state index contributed by atoms with van der Waals surface area (Å²) in [5, 5.41) is 10.7. The number of aromatic nitrogens is 1. The molecule has 4 rings (SSSR count). The van der Waals surface area contributed by atoms with E-state index in [-0.39, 0.29) is 10.6 Å². The predicted molar refractivity (Wildman–Crippen MR) is 113 cm³/mol. The van der Waals surface area contributed by atoms with Crippen molar-refractivity contribution in [3.63, 3.8) is 0 Å². The Balaban J connectivity index is 1.89. The van der Waals surface area contributed by atoms with E-state index in [0.717, 1.165) is 37.7 Å². The van der Waals surface area contributed by atoms with Crippen molar-refractivity contribution in [2.45, 2.75) is 6.92 Å². The van der Waals surface area contributed by atoms with E-state index in [2.05, 4.69) is 4.98 Å². The molecule has 1 atom stereocenters. The van der Waals surface area contributed by atoms with E-state index in [1.165, 1.54) is 0 Å². The van der Waals surface area contributed by atoms with Gasteiger partial charge in [0, 0.05) is 16.6 Å². The first-order valence-electron chi connectivity index (χ1n) is 8.37. The Hall–Kier alpha value is -2.94. The molecule has 3 N–H and O–H groups in total. The van der Waals surface area contributed by atoms with Gasteiger partial charge < -0.3 is 10.1 Å². The number of fused-ring (bicyclic) bond motifs is 1. The zero-order valence-corrected chi connectivity index (χ0v) is 16.4. The SMILES string of the molecule is Cc1ccccc1N(c1cc(-c2ccc3[nH]ccc3c2)sc1C(=O)O)S(=O)O. The maximum Gasteiger partial charge on any atom is 0.348 e. The summed E-state index contributed by atoms with van der Waals surface area (Å²) in [5.41, 5.74) is 3.27. The Morgan fingerprint density at radius 1 is 1.11 bits per heavy atom. The highest BCUT2D eigenvalue weighted by molar-refractivity contribution is 7.81. The molecule has 8 heteroatoms. The van der Waals surface area contributed by atoms with Gasteiger partial charge in [-0.15, -0.1) is 11.3 Å². The minimum absolute atomic E-state index is 0.00909. The van der Waals surface area contributed by atoms with E-state index in [9.17, 15) is 18.7 Å². The van der Waals surface area contributed by atoms with Crippen LogP contribution in [0.2, 0.25) is 0 Å². The van der Waals surface area contributed by atoms with Gasteiger partial charge >= 0.3 is 5.97 Å². The maximum atomic E-state index is 12.2. The molecule has 0 aliphatic heterocycles. The Morgan fingerprint density at radius 2 is 1.89 bits per heavy atom. The molecular formula is C20H16N2O4S2. The number of carboxylic acids is 1. The number of benzene rings is 2. The van der Waals surface area contributed by atoms with Gasteiger partial charge in [-0.25, -0.2) is 13.3 Å². The molecule has 0 bridgehead atoms. The number of nitrogens with one attached hydrogen (secondary N) is 1. The summed E-state index contributed by atoms with van der Waals surface area (Å²) in [7, 11) is 0. The number of aromatic amines is 1. The summed E-state index contributed by atoms with van der Waals surface area (Å²) in [6.07, 6.45) is 1.84. The Labute approximate surface area is 167 Å². The molecular weight excluding hydrogens is 396 g/mol. The fourth-order valence-electron chi connectivity index (χ4n) is 3.12. The third-order valence-electron chi connectivity index (χ3n) is 4.45. The number of aromatic carboxylic acids is 1. The molecule has 0 fully saturated rings. The molecule has 0 aliphatic rings. The van der Waals surface area contributed by atoms with E-state index in [4.69, 9.17) is 0 Å². The summed E-state index contributed by atoms with van der Waals surface area (Å²) in [5.74, 6) is -1.14. The number of H-pyrrole nitrogens is 1. The van der Waals surface area contributed by atoms with Crippen LogP contribution in [0, 0.1) is 6.92 Å². The van der Waals surface area contributed by atoms with Gasteiger partial charge in [-0.05, 0) is 53.8 Å². The molecule has 0 spiro atoms. The number of para-hydroxylation sites is 1. The van der Waals surface area contributed by atoms with Crippen LogP contribution in [0.25, 0.3) is 21.3 Å². The van der Waals surface area contributed by atoms with Crippen molar-refractivity contribution < 1.29 is 18.7 Å². The highest BCUT2D eigenvalue weighted by atomic mass is 32.2. The van der Waals surface area contributed by atoms with Gasteiger partial charge in [0.25, 0.3) is 11.3 Å². The first kappa shape index (κ1) is 18.4. The highest BCUT2D eigenvalue weighted by Gasteiger charge is 2.26. The van der Waals surface area contributed by atoms with Crippen molar-refractivity contribution in [2.75, 3.05) is 4.31 Å². The second kappa shape index (κ2) is 7.23. The molecule has 0 amide bonds. The third-order valence-corrected chi connectivity index (χ3v) is 6.32. The van der Waals surface area contributed by atoms with Crippen LogP contribution in [-0.2, 0) is 11.3 Å². The van der Waals surface area contributed by atoms with Gasteiger partial charge in [0.1, 0.15) is 4.88 Å². The van der Waals surface area contributed by atoms with Gasteiger partial charge in [0.15, 0.2) is 0 Å². The summed E-state index contributed by atoms with van der Waals surface area (Å²) in [6, 6.07) is 16.4. The number of anilines is 2. The van der Waals surface area contributed by atoms with Crippen LogP contribution in [0.15, 0.2) is 60.8 Å². The normalized spacial score (nSPS) is 12.2. The second-order valence-electron chi connectivity index (χ2n) is 6.22. The van der Waals surface area contributed by atoms with Crippen LogP contribution in [0.1, 0.15) is 15.2 Å². The average molecular weight is 412 g/mol. The molecule has 2 heterocycles. The van der Waals surface area contributed by atoms with Crippen molar-refractivity contribution in [2.24, 2.45) is 0 Å². The molecule has 0 aliphatic carbocycles. The van der Waals surface area contributed by atoms with E-state index in [0.29, 0.717) is 10.6 Å². The van der Waals surface area contributed by atoms with E-state index < -0.39 is 17.2 Å². The maximum absolute atomic E-state index is 12.2.